The van der Waals surface area contributed by atoms with Crippen LogP contribution in [0.1, 0.15) is 52.4 Å². The Morgan fingerprint density at radius 1 is 0.868 bits per heavy atom. The number of hydrogen-bond acceptors (Lipinski definition) is 4. The summed E-state index contributed by atoms with van der Waals surface area (Å²) in [5, 5.41) is 6.63. The Morgan fingerprint density at radius 3 is 2.34 bits per heavy atom. The SMILES string of the molecule is CC(C)c1ccc(-c2nc3c(C(=O)NCc4cccc(CN)c4)cccn3c2NCc2ccccc2)cc1. The Labute approximate surface area is 223 Å². The molecule has 6 nitrogen and oxygen atoms in total. The molecule has 0 unspecified atom stereocenters. The fraction of sp³-hybridized carbons (Fsp3) is 0.188. The Hall–Kier alpha value is -4.42. The fourth-order valence-corrected chi connectivity index (χ4v) is 4.57. The van der Waals surface area contributed by atoms with Crippen LogP contribution in [0.2, 0.25) is 0 Å². The number of hydrogen-bond donors (Lipinski definition) is 3. The van der Waals surface area contributed by atoms with Gasteiger partial charge in [0.15, 0.2) is 5.65 Å². The normalized spacial score (nSPS) is 11.2. The number of imidazole rings is 1. The quantitative estimate of drug-likeness (QED) is 0.226. The van der Waals surface area contributed by atoms with Gasteiger partial charge in [-0.2, -0.15) is 0 Å². The molecule has 1 amide bonds. The van der Waals surface area contributed by atoms with Crippen molar-refractivity contribution in [3.05, 3.63) is 125 Å². The van der Waals surface area contributed by atoms with Crippen molar-refractivity contribution in [2.24, 2.45) is 5.73 Å². The van der Waals surface area contributed by atoms with E-state index in [1.165, 1.54) is 5.56 Å². The van der Waals surface area contributed by atoms with Gasteiger partial charge in [0, 0.05) is 31.4 Å². The van der Waals surface area contributed by atoms with Crippen molar-refractivity contribution in [1.29, 1.82) is 0 Å². The largest absolute Gasteiger partial charge is 0.365 e. The van der Waals surface area contributed by atoms with Crippen LogP contribution >= 0.6 is 0 Å². The molecule has 0 aliphatic rings. The van der Waals surface area contributed by atoms with E-state index in [0.717, 1.165) is 33.8 Å². The molecule has 3 aromatic carbocycles. The lowest BCUT2D eigenvalue weighted by molar-refractivity contribution is 0.0952. The maximum absolute atomic E-state index is 13.3. The van der Waals surface area contributed by atoms with Gasteiger partial charge in [0.25, 0.3) is 5.91 Å². The van der Waals surface area contributed by atoms with E-state index < -0.39 is 0 Å². The number of nitrogens with two attached hydrogens (primary N) is 1. The lowest BCUT2D eigenvalue weighted by atomic mass is 10.0. The molecule has 0 saturated carbocycles. The third kappa shape index (κ3) is 5.45. The summed E-state index contributed by atoms with van der Waals surface area (Å²) in [4.78, 5) is 18.3. The van der Waals surface area contributed by atoms with Gasteiger partial charge in [-0.3, -0.25) is 9.20 Å². The minimum atomic E-state index is -0.171. The van der Waals surface area contributed by atoms with Crippen LogP contribution in [0.15, 0.2) is 97.2 Å². The molecule has 0 aliphatic heterocycles. The van der Waals surface area contributed by atoms with Crippen molar-refractivity contribution in [3.8, 4) is 11.3 Å². The Kier molecular flexibility index (Phi) is 7.52. The van der Waals surface area contributed by atoms with Gasteiger partial charge in [-0.15, -0.1) is 0 Å². The standard InChI is InChI=1S/C32H33N5O/c1-22(2)26-13-15-27(16-14-26)29-31(34-20-23-8-4-3-5-9-23)37-17-7-12-28(30(37)36-29)32(38)35-21-25-11-6-10-24(18-25)19-33/h3-18,22,34H,19-21,33H2,1-2H3,(H,35,38). The minimum Gasteiger partial charge on any atom is -0.365 e. The maximum atomic E-state index is 13.3. The van der Waals surface area contributed by atoms with Crippen molar-refractivity contribution >= 4 is 17.4 Å². The highest BCUT2D eigenvalue weighted by Gasteiger charge is 2.19. The van der Waals surface area contributed by atoms with E-state index in [9.17, 15) is 4.79 Å². The first-order valence-corrected chi connectivity index (χ1v) is 13.0. The summed E-state index contributed by atoms with van der Waals surface area (Å²) in [6, 6.07) is 30.4. The molecule has 192 valence electrons. The predicted octanol–water partition coefficient (Wildman–Crippen LogP) is 6.13. The Morgan fingerprint density at radius 2 is 1.61 bits per heavy atom. The summed E-state index contributed by atoms with van der Waals surface area (Å²) in [7, 11) is 0. The molecule has 5 aromatic rings. The molecule has 0 saturated heterocycles. The molecular weight excluding hydrogens is 470 g/mol. The van der Waals surface area contributed by atoms with Crippen molar-refractivity contribution in [2.45, 2.75) is 39.4 Å². The smallest absolute Gasteiger partial charge is 0.255 e. The van der Waals surface area contributed by atoms with E-state index in [0.29, 0.717) is 36.8 Å². The summed E-state index contributed by atoms with van der Waals surface area (Å²) in [5.41, 5.74) is 13.2. The van der Waals surface area contributed by atoms with E-state index in [1.54, 1.807) is 0 Å². The van der Waals surface area contributed by atoms with Gasteiger partial charge in [-0.1, -0.05) is 92.7 Å². The molecule has 0 aliphatic carbocycles. The molecule has 0 atom stereocenters. The van der Waals surface area contributed by atoms with Gasteiger partial charge >= 0.3 is 0 Å². The third-order valence-corrected chi connectivity index (χ3v) is 6.73. The van der Waals surface area contributed by atoms with Crippen LogP contribution in [-0.4, -0.2) is 15.3 Å². The second kappa shape index (κ2) is 11.3. The molecule has 38 heavy (non-hydrogen) atoms. The zero-order chi connectivity index (χ0) is 26.5. The first-order valence-electron chi connectivity index (χ1n) is 13.0. The average Bonchev–Trinajstić information content (AvgIpc) is 3.34. The van der Waals surface area contributed by atoms with E-state index in [-0.39, 0.29) is 5.91 Å². The van der Waals surface area contributed by atoms with Gasteiger partial charge < -0.3 is 16.4 Å². The maximum Gasteiger partial charge on any atom is 0.255 e. The van der Waals surface area contributed by atoms with Crippen molar-refractivity contribution in [1.82, 2.24) is 14.7 Å². The summed E-state index contributed by atoms with van der Waals surface area (Å²) < 4.78 is 1.97. The second-order valence-corrected chi connectivity index (χ2v) is 9.75. The first kappa shape index (κ1) is 25.2. The molecular formula is C32H33N5O. The van der Waals surface area contributed by atoms with E-state index in [2.05, 4.69) is 60.9 Å². The van der Waals surface area contributed by atoms with Crippen LogP contribution in [0.4, 0.5) is 5.82 Å². The number of nitrogens with one attached hydrogen (secondary N) is 2. The number of amides is 1. The minimum absolute atomic E-state index is 0.171. The van der Waals surface area contributed by atoms with Crippen LogP contribution < -0.4 is 16.4 Å². The topological polar surface area (TPSA) is 84.5 Å². The fourth-order valence-electron chi connectivity index (χ4n) is 4.57. The van der Waals surface area contributed by atoms with Gasteiger partial charge in [0.1, 0.15) is 11.5 Å². The summed E-state index contributed by atoms with van der Waals surface area (Å²) in [6.45, 7) is 5.89. The molecule has 0 spiro atoms. The number of nitrogens with zero attached hydrogens (tertiary/aromatic N) is 2. The average molecular weight is 504 g/mol. The molecule has 0 bridgehead atoms. The highest BCUT2D eigenvalue weighted by atomic mass is 16.1. The highest BCUT2D eigenvalue weighted by molar-refractivity contribution is 6.00. The molecule has 2 aromatic heterocycles. The van der Waals surface area contributed by atoms with Gasteiger partial charge in [0.2, 0.25) is 0 Å². The van der Waals surface area contributed by atoms with Crippen LogP contribution in [0.5, 0.6) is 0 Å². The van der Waals surface area contributed by atoms with E-state index in [4.69, 9.17) is 10.7 Å². The van der Waals surface area contributed by atoms with Crippen molar-refractivity contribution in [3.63, 3.8) is 0 Å². The van der Waals surface area contributed by atoms with Gasteiger partial charge in [-0.25, -0.2) is 4.98 Å². The Balaban J connectivity index is 1.50. The van der Waals surface area contributed by atoms with E-state index in [1.807, 2.05) is 65.2 Å². The van der Waals surface area contributed by atoms with Gasteiger partial charge in [-0.05, 0) is 40.3 Å². The molecule has 0 radical (unpaired) electrons. The number of carbonyl (C=O) groups is 1. The van der Waals surface area contributed by atoms with Crippen LogP contribution in [0, 0.1) is 0 Å². The van der Waals surface area contributed by atoms with Crippen LogP contribution in [0.3, 0.4) is 0 Å². The molecule has 0 fully saturated rings. The first-order chi connectivity index (χ1) is 18.5. The number of rotatable bonds is 9. The number of carbonyl (C=O) groups excluding carboxylic acids is 1. The summed E-state index contributed by atoms with van der Waals surface area (Å²) in [6.07, 6.45) is 1.95. The number of pyridine rings is 1. The number of aromatic nitrogens is 2. The summed E-state index contributed by atoms with van der Waals surface area (Å²) in [5.74, 6) is 1.13. The molecule has 5 rings (SSSR count). The molecule has 2 heterocycles. The van der Waals surface area contributed by atoms with Gasteiger partial charge in [0.05, 0.1) is 5.56 Å². The predicted molar refractivity (Wildman–Crippen MR) is 154 cm³/mol. The lowest BCUT2D eigenvalue weighted by Crippen LogP contribution is -2.23. The number of anilines is 1. The number of fused-ring (bicyclic) bond motifs is 1. The number of benzene rings is 3. The third-order valence-electron chi connectivity index (χ3n) is 6.73. The monoisotopic (exact) mass is 503 g/mol. The zero-order valence-electron chi connectivity index (χ0n) is 21.8. The molecule has 6 heteroatoms. The Bertz CT molecular complexity index is 1540. The second-order valence-electron chi connectivity index (χ2n) is 9.75. The summed E-state index contributed by atoms with van der Waals surface area (Å²) >= 11 is 0. The van der Waals surface area contributed by atoms with E-state index >= 15 is 0 Å². The highest BCUT2D eigenvalue weighted by Crippen LogP contribution is 2.31. The van der Waals surface area contributed by atoms with Crippen LogP contribution in [0.25, 0.3) is 16.9 Å². The molecule has 4 N–H and O–H groups in total. The lowest BCUT2D eigenvalue weighted by Gasteiger charge is -2.11. The van der Waals surface area contributed by atoms with Crippen molar-refractivity contribution in [2.75, 3.05) is 5.32 Å². The van der Waals surface area contributed by atoms with Crippen molar-refractivity contribution < 1.29 is 4.79 Å². The van der Waals surface area contributed by atoms with Crippen LogP contribution in [-0.2, 0) is 19.6 Å². The zero-order valence-corrected chi connectivity index (χ0v) is 21.8.